The second kappa shape index (κ2) is 4.94. The minimum absolute atomic E-state index is 0.150. The molecule has 0 aliphatic rings. The topological polar surface area (TPSA) is 55.1 Å². The zero-order valence-electron chi connectivity index (χ0n) is 9.50. The molecule has 0 saturated heterocycles. The Balaban J connectivity index is 2.69. The lowest BCUT2D eigenvalue weighted by atomic mass is 10.0. The van der Waals surface area contributed by atoms with Crippen molar-refractivity contribution in [2.75, 3.05) is 6.54 Å². The number of benzene rings is 1. The Morgan fingerprint density at radius 2 is 2.07 bits per heavy atom. The third-order valence-electron chi connectivity index (χ3n) is 2.61. The van der Waals surface area contributed by atoms with E-state index in [4.69, 9.17) is 5.73 Å². The second-order valence-corrected chi connectivity index (χ2v) is 3.91. The number of rotatable bonds is 4. The van der Waals surface area contributed by atoms with Crippen LogP contribution < -0.4 is 11.1 Å². The molecule has 0 aromatic heterocycles. The van der Waals surface area contributed by atoms with Gasteiger partial charge in [0.2, 0.25) is 5.91 Å². The van der Waals surface area contributed by atoms with Gasteiger partial charge in [0.15, 0.2) is 0 Å². The minimum Gasteiger partial charge on any atom is -0.369 e. The van der Waals surface area contributed by atoms with Crippen LogP contribution in [0.15, 0.2) is 18.2 Å². The average molecular weight is 206 g/mol. The molecular formula is C12H18N2O. The van der Waals surface area contributed by atoms with Gasteiger partial charge in [0, 0.05) is 6.04 Å². The van der Waals surface area contributed by atoms with Crippen molar-refractivity contribution in [3.8, 4) is 0 Å². The van der Waals surface area contributed by atoms with Crippen LogP contribution >= 0.6 is 0 Å². The SMILES string of the molecule is Cc1ccc([C@@H](C)NCC(N)=O)cc1C. The Kier molecular flexibility index (Phi) is 3.86. The van der Waals surface area contributed by atoms with Crippen molar-refractivity contribution in [3.63, 3.8) is 0 Å². The van der Waals surface area contributed by atoms with E-state index in [-0.39, 0.29) is 18.5 Å². The number of primary amides is 1. The molecule has 0 aliphatic carbocycles. The highest BCUT2D eigenvalue weighted by molar-refractivity contribution is 5.75. The smallest absolute Gasteiger partial charge is 0.231 e. The van der Waals surface area contributed by atoms with Gasteiger partial charge in [-0.3, -0.25) is 4.79 Å². The predicted octanol–water partition coefficient (Wildman–Crippen LogP) is 1.44. The molecule has 0 aliphatic heterocycles. The summed E-state index contributed by atoms with van der Waals surface area (Å²) in [4.78, 5) is 10.6. The summed E-state index contributed by atoms with van der Waals surface area (Å²) in [6, 6.07) is 6.44. The molecule has 0 radical (unpaired) electrons. The van der Waals surface area contributed by atoms with Crippen molar-refractivity contribution in [2.45, 2.75) is 26.8 Å². The highest BCUT2D eigenvalue weighted by atomic mass is 16.1. The maximum atomic E-state index is 10.6. The zero-order chi connectivity index (χ0) is 11.4. The van der Waals surface area contributed by atoms with Gasteiger partial charge in [-0.25, -0.2) is 0 Å². The van der Waals surface area contributed by atoms with Gasteiger partial charge in [0.05, 0.1) is 6.54 Å². The van der Waals surface area contributed by atoms with Crippen LogP contribution in [0.1, 0.15) is 29.7 Å². The monoisotopic (exact) mass is 206 g/mol. The molecule has 1 atom stereocenters. The standard InChI is InChI=1S/C12H18N2O/c1-8-4-5-11(6-9(8)2)10(3)14-7-12(13)15/h4-6,10,14H,7H2,1-3H3,(H2,13,15)/t10-/m1/s1. The first-order valence-corrected chi connectivity index (χ1v) is 5.09. The van der Waals surface area contributed by atoms with Crippen LogP contribution in [0.3, 0.4) is 0 Å². The second-order valence-electron chi connectivity index (χ2n) is 3.91. The van der Waals surface area contributed by atoms with Gasteiger partial charge >= 0.3 is 0 Å². The summed E-state index contributed by atoms with van der Waals surface area (Å²) in [6.45, 7) is 6.40. The van der Waals surface area contributed by atoms with Crippen molar-refractivity contribution in [1.29, 1.82) is 0 Å². The molecule has 0 saturated carbocycles. The van der Waals surface area contributed by atoms with Crippen molar-refractivity contribution < 1.29 is 4.79 Å². The van der Waals surface area contributed by atoms with Gasteiger partial charge in [-0.15, -0.1) is 0 Å². The van der Waals surface area contributed by atoms with E-state index in [0.29, 0.717) is 0 Å². The molecule has 1 rings (SSSR count). The molecule has 3 nitrogen and oxygen atoms in total. The molecule has 0 unspecified atom stereocenters. The Hall–Kier alpha value is -1.35. The lowest BCUT2D eigenvalue weighted by Gasteiger charge is -2.14. The van der Waals surface area contributed by atoms with Crippen LogP contribution in [0.4, 0.5) is 0 Å². The number of amides is 1. The van der Waals surface area contributed by atoms with Crippen molar-refractivity contribution in [2.24, 2.45) is 5.73 Å². The quantitative estimate of drug-likeness (QED) is 0.783. The maximum absolute atomic E-state index is 10.6. The third kappa shape index (κ3) is 3.36. The van der Waals surface area contributed by atoms with E-state index in [1.165, 1.54) is 16.7 Å². The maximum Gasteiger partial charge on any atom is 0.231 e. The van der Waals surface area contributed by atoms with E-state index < -0.39 is 0 Å². The highest BCUT2D eigenvalue weighted by Crippen LogP contribution is 2.16. The molecule has 1 aromatic carbocycles. The first-order valence-electron chi connectivity index (χ1n) is 5.09. The summed E-state index contributed by atoms with van der Waals surface area (Å²) in [5.74, 6) is -0.328. The summed E-state index contributed by atoms with van der Waals surface area (Å²) in [5.41, 5.74) is 8.79. The predicted molar refractivity (Wildman–Crippen MR) is 61.5 cm³/mol. The average Bonchev–Trinajstić information content (AvgIpc) is 2.18. The van der Waals surface area contributed by atoms with Crippen LogP contribution in [0.5, 0.6) is 0 Å². The first-order chi connectivity index (χ1) is 7.00. The van der Waals surface area contributed by atoms with Gasteiger partial charge < -0.3 is 11.1 Å². The fourth-order valence-electron chi connectivity index (χ4n) is 1.41. The highest BCUT2D eigenvalue weighted by Gasteiger charge is 2.06. The third-order valence-corrected chi connectivity index (χ3v) is 2.61. The largest absolute Gasteiger partial charge is 0.369 e. The molecule has 3 heteroatoms. The first kappa shape index (κ1) is 11.7. The van der Waals surface area contributed by atoms with Crippen LogP contribution in [0, 0.1) is 13.8 Å². The molecule has 82 valence electrons. The summed E-state index contributed by atoms with van der Waals surface area (Å²) in [7, 11) is 0. The fraction of sp³-hybridized carbons (Fsp3) is 0.417. The van der Waals surface area contributed by atoms with Gasteiger partial charge in [-0.05, 0) is 37.5 Å². The van der Waals surface area contributed by atoms with E-state index in [9.17, 15) is 4.79 Å². The van der Waals surface area contributed by atoms with Crippen LogP contribution in [-0.4, -0.2) is 12.5 Å². The fourth-order valence-corrected chi connectivity index (χ4v) is 1.41. The van der Waals surface area contributed by atoms with E-state index in [0.717, 1.165) is 0 Å². The molecule has 0 bridgehead atoms. The summed E-state index contributed by atoms with van der Waals surface area (Å²) in [5, 5.41) is 3.07. The Labute approximate surface area is 90.7 Å². The normalized spacial score (nSPS) is 12.5. The number of carbonyl (C=O) groups excluding carboxylic acids is 1. The van der Waals surface area contributed by atoms with Crippen molar-refractivity contribution in [3.05, 3.63) is 34.9 Å². The number of nitrogens with one attached hydrogen (secondary N) is 1. The van der Waals surface area contributed by atoms with Gasteiger partial charge in [-0.2, -0.15) is 0 Å². The molecule has 1 aromatic rings. The lowest BCUT2D eigenvalue weighted by molar-refractivity contribution is -0.117. The van der Waals surface area contributed by atoms with Crippen molar-refractivity contribution in [1.82, 2.24) is 5.32 Å². The Bertz CT molecular complexity index is 361. The zero-order valence-corrected chi connectivity index (χ0v) is 9.50. The van der Waals surface area contributed by atoms with E-state index >= 15 is 0 Å². The van der Waals surface area contributed by atoms with E-state index in [1.807, 2.05) is 6.92 Å². The Morgan fingerprint density at radius 3 is 2.60 bits per heavy atom. The number of aryl methyl sites for hydroxylation is 2. The van der Waals surface area contributed by atoms with Gasteiger partial charge in [0.25, 0.3) is 0 Å². The molecule has 0 heterocycles. The number of hydrogen-bond acceptors (Lipinski definition) is 2. The van der Waals surface area contributed by atoms with Crippen molar-refractivity contribution >= 4 is 5.91 Å². The molecule has 0 spiro atoms. The van der Waals surface area contributed by atoms with Crippen LogP contribution in [-0.2, 0) is 4.79 Å². The van der Waals surface area contributed by atoms with E-state index in [2.05, 4.69) is 37.4 Å². The molecule has 1 amide bonds. The molecule has 3 N–H and O–H groups in total. The number of carbonyl (C=O) groups is 1. The number of nitrogens with two attached hydrogens (primary N) is 1. The molecular weight excluding hydrogens is 188 g/mol. The Morgan fingerprint density at radius 1 is 1.40 bits per heavy atom. The van der Waals surface area contributed by atoms with Crippen LogP contribution in [0.2, 0.25) is 0 Å². The van der Waals surface area contributed by atoms with Crippen LogP contribution in [0.25, 0.3) is 0 Å². The summed E-state index contributed by atoms with van der Waals surface area (Å²) >= 11 is 0. The number of hydrogen-bond donors (Lipinski definition) is 2. The molecule has 0 fully saturated rings. The molecule has 15 heavy (non-hydrogen) atoms. The van der Waals surface area contributed by atoms with Gasteiger partial charge in [-0.1, -0.05) is 18.2 Å². The van der Waals surface area contributed by atoms with E-state index in [1.54, 1.807) is 0 Å². The summed E-state index contributed by atoms with van der Waals surface area (Å²) < 4.78 is 0. The lowest BCUT2D eigenvalue weighted by Crippen LogP contribution is -2.30. The summed E-state index contributed by atoms with van der Waals surface area (Å²) in [6.07, 6.45) is 0. The van der Waals surface area contributed by atoms with Gasteiger partial charge in [0.1, 0.15) is 0 Å². The minimum atomic E-state index is -0.328.